The van der Waals surface area contributed by atoms with E-state index in [1.165, 1.54) is 22.6 Å². The van der Waals surface area contributed by atoms with Gasteiger partial charge in [-0.3, -0.25) is 9.48 Å². The van der Waals surface area contributed by atoms with Crippen molar-refractivity contribution in [2.24, 2.45) is 0 Å². The maximum Gasteiger partial charge on any atom is 0.263 e. The van der Waals surface area contributed by atoms with Gasteiger partial charge in [0.1, 0.15) is 4.88 Å². The van der Waals surface area contributed by atoms with Crippen LogP contribution in [0.5, 0.6) is 0 Å². The van der Waals surface area contributed by atoms with Crippen molar-refractivity contribution >= 4 is 17.2 Å². The number of aromatic nitrogens is 3. The third-order valence-corrected chi connectivity index (χ3v) is 5.46. The van der Waals surface area contributed by atoms with E-state index in [-0.39, 0.29) is 5.91 Å². The van der Waals surface area contributed by atoms with Gasteiger partial charge in [0.25, 0.3) is 5.91 Å². The topological polar surface area (TPSA) is 59.8 Å². The molecule has 126 valence electrons. The minimum Gasteiger partial charge on any atom is -0.351 e. The summed E-state index contributed by atoms with van der Waals surface area (Å²) in [4.78, 5) is 17.6. The van der Waals surface area contributed by atoms with Gasteiger partial charge in [-0.2, -0.15) is 5.10 Å². The highest BCUT2D eigenvalue weighted by atomic mass is 32.1. The summed E-state index contributed by atoms with van der Waals surface area (Å²) in [5.74, 6) is 0.329. The molecule has 0 aromatic carbocycles. The van der Waals surface area contributed by atoms with E-state index in [1.807, 2.05) is 18.5 Å². The molecule has 1 N–H and O–H groups in total. The second kappa shape index (κ2) is 7.25. The van der Waals surface area contributed by atoms with Gasteiger partial charge in [0, 0.05) is 24.7 Å². The van der Waals surface area contributed by atoms with Crippen LogP contribution in [0.15, 0.2) is 0 Å². The summed E-state index contributed by atoms with van der Waals surface area (Å²) < 4.78 is 2.01. The van der Waals surface area contributed by atoms with Crippen LogP contribution in [0.3, 0.4) is 0 Å². The lowest BCUT2D eigenvalue weighted by Gasteiger charge is -2.05. The van der Waals surface area contributed by atoms with E-state index >= 15 is 0 Å². The van der Waals surface area contributed by atoms with Crippen molar-refractivity contribution in [3.63, 3.8) is 0 Å². The Hall–Kier alpha value is -1.69. The second-order valence-electron chi connectivity index (χ2n) is 6.09. The van der Waals surface area contributed by atoms with Gasteiger partial charge in [-0.05, 0) is 39.7 Å². The SMILES string of the molecule is CCn1nc(C)c(CCNC(=O)c2sc(C(C)C)nc2C)c1C. The predicted molar refractivity (Wildman–Crippen MR) is 94.4 cm³/mol. The fraction of sp³-hybridized carbons (Fsp3) is 0.588. The molecule has 2 heterocycles. The maximum atomic E-state index is 12.4. The summed E-state index contributed by atoms with van der Waals surface area (Å²) in [7, 11) is 0. The Morgan fingerprint density at radius 1 is 1.26 bits per heavy atom. The van der Waals surface area contributed by atoms with E-state index in [2.05, 4.69) is 43.1 Å². The van der Waals surface area contributed by atoms with Crippen LogP contribution in [0.4, 0.5) is 0 Å². The Morgan fingerprint density at radius 3 is 2.48 bits per heavy atom. The average Bonchev–Trinajstić information content (AvgIpc) is 3.01. The molecule has 0 aliphatic rings. The van der Waals surface area contributed by atoms with Gasteiger partial charge in [-0.15, -0.1) is 11.3 Å². The van der Waals surface area contributed by atoms with Crippen LogP contribution in [-0.2, 0) is 13.0 Å². The summed E-state index contributed by atoms with van der Waals surface area (Å²) >= 11 is 1.50. The van der Waals surface area contributed by atoms with Crippen molar-refractivity contribution in [3.05, 3.63) is 32.5 Å². The molecule has 0 spiro atoms. The van der Waals surface area contributed by atoms with Gasteiger partial charge < -0.3 is 5.32 Å². The molecule has 0 aliphatic heterocycles. The van der Waals surface area contributed by atoms with E-state index in [0.717, 1.165) is 34.2 Å². The monoisotopic (exact) mass is 334 g/mol. The van der Waals surface area contributed by atoms with Crippen LogP contribution in [0, 0.1) is 20.8 Å². The van der Waals surface area contributed by atoms with E-state index in [9.17, 15) is 4.79 Å². The average molecular weight is 334 g/mol. The van der Waals surface area contributed by atoms with E-state index < -0.39 is 0 Å². The third-order valence-electron chi connectivity index (χ3n) is 4.00. The Morgan fingerprint density at radius 2 is 1.96 bits per heavy atom. The summed E-state index contributed by atoms with van der Waals surface area (Å²) in [5, 5.41) is 8.55. The molecule has 0 saturated heterocycles. The molecule has 2 aromatic heterocycles. The first-order chi connectivity index (χ1) is 10.8. The van der Waals surface area contributed by atoms with Crippen molar-refractivity contribution in [3.8, 4) is 0 Å². The van der Waals surface area contributed by atoms with Gasteiger partial charge in [0.2, 0.25) is 0 Å². The highest BCUT2D eigenvalue weighted by Crippen LogP contribution is 2.24. The largest absolute Gasteiger partial charge is 0.351 e. The number of nitrogens with zero attached hydrogens (tertiary/aromatic N) is 3. The Labute approximate surface area is 142 Å². The molecule has 23 heavy (non-hydrogen) atoms. The lowest BCUT2D eigenvalue weighted by atomic mass is 10.1. The number of thiazole rings is 1. The van der Waals surface area contributed by atoms with Gasteiger partial charge >= 0.3 is 0 Å². The quantitative estimate of drug-likeness (QED) is 0.881. The van der Waals surface area contributed by atoms with Crippen molar-refractivity contribution in [1.82, 2.24) is 20.1 Å². The minimum atomic E-state index is -0.0231. The predicted octanol–water partition coefficient (Wildman–Crippen LogP) is 3.38. The van der Waals surface area contributed by atoms with Crippen molar-refractivity contribution in [2.75, 3.05) is 6.54 Å². The van der Waals surface area contributed by atoms with Gasteiger partial charge in [-0.25, -0.2) is 4.98 Å². The zero-order valence-corrected chi connectivity index (χ0v) is 15.7. The summed E-state index contributed by atoms with van der Waals surface area (Å²) in [5.41, 5.74) is 4.29. The number of carbonyl (C=O) groups excluding carboxylic acids is 1. The van der Waals surface area contributed by atoms with Crippen LogP contribution < -0.4 is 5.32 Å². The number of carbonyl (C=O) groups is 1. The number of rotatable bonds is 6. The normalized spacial score (nSPS) is 11.3. The van der Waals surface area contributed by atoms with Gasteiger partial charge in [0.15, 0.2) is 0 Å². The van der Waals surface area contributed by atoms with E-state index in [4.69, 9.17) is 0 Å². The lowest BCUT2D eigenvalue weighted by molar-refractivity contribution is 0.0957. The zero-order valence-electron chi connectivity index (χ0n) is 14.9. The van der Waals surface area contributed by atoms with Crippen molar-refractivity contribution in [1.29, 1.82) is 0 Å². The molecule has 0 bridgehead atoms. The first-order valence-corrected chi connectivity index (χ1v) is 8.95. The molecule has 0 saturated carbocycles. The minimum absolute atomic E-state index is 0.0231. The van der Waals surface area contributed by atoms with Gasteiger partial charge in [-0.1, -0.05) is 13.8 Å². The highest BCUT2D eigenvalue weighted by Gasteiger charge is 2.17. The third kappa shape index (κ3) is 3.80. The zero-order chi connectivity index (χ0) is 17.1. The molecule has 0 atom stereocenters. The molecular formula is C17H26N4OS. The number of hydrogen-bond donors (Lipinski definition) is 1. The fourth-order valence-corrected chi connectivity index (χ4v) is 3.65. The van der Waals surface area contributed by atoms with E-state index in [1.54, 1.807) is 0 Å². The van der Waals surface area contributed by atoms with Crippen LogP contribution in [0.2, 0.25) is 0 Å². The number of amides is 1. The molecule has 2 aromatic rings. The van der Waals surface area contributed by atoms with Crippen LogP contribution in [-0.4, -0.2) is 27.2 Å². The molecule has 6 heteroatoms. The second-order valence-corrected chi connectivity index (χ2v) is 7.12. The number of aryl methyl sites for hydroxylation is 3. The van der Waals surface area contributed by atoms with E-state index in [0.29, 0.717) is 12.5 Å². The molecule has 2 rings (SSSR count). The lowest BCUT2D eigenvalue weighted by Crippen LogP contribution is -2.25. The summed E-state index contributed by atoms with van der Waals surface area (Å²) in [6, 6.07) is 0. The number of nitrogens with one attached hydrogen (secondary N) is 1. The number of hydrogen-bond acceptors (Lipinski definition) is 4. The molecule has 0 aliphatic carbocycles. The summed E-state index contributed by atoms with van der Waals surface area (Å²) in [6.45, 7) is 13.8. The van der Waals surface area contributed by atoms with Gasteiger partial charge in [0.05, 0.1) is 16.4 Å². The molecule has 5 nitrogen and oxygen atoms in total. The summed E-state index contributed by atoms with van der Waals surface area (Å²) in [6.07, 6.45) is 0.804. The molecule has 0 unspecified atom stereocenters. The first-order valence-electron chi connectivity index (χ1n) is 8.13. The van der Waals surface area contributed by atoms with Crippen LogP contribution >= 0.6 is 11.3 Å². The van der Waals surface area contributed by atoms with Crippen LogP contribution in [0.25, 0.3) is 0 Å². The Balaban J connectivity index is 1.99. The van der Waals surface area contributed by atoms with Crippen molar-refractivity contribution in [2.45, 2.75) is 60.4 Å². The Bertz CT molecular complexity index is 700. The first kappa shape index (κ1) is 17.7. The standard InChI is InChI=1S/C17H26N4OS/c1-7-21-13(6)14(11(4)20-21)8-9-18-16(22)15-12(5)19-17(23-15)10(2)3/h10H,7-9H2,1-6H3,(H,18,22). The fourth-order valence-electron chi connectivity index (χ4n) is 2.66. The highest BCUT2D eigenvalue weighted by molar-refractivity contribution is 7.13. The smallest absolute Gasteiger partial charge is 0.263 e. The van der Waals surface area contributed by atoms with Crippen LogP contribution in [0.1, 0.15) is 64.0 Å². The Kier molecular flexibility index (Phi) is 5.57. The molecule has 0 radical (unpaired) electrons. The maximum absolute atomic E-state index is 12.4. The molecule has 1 amide bonds. The molecular weight excluding hydrogens is 308 g/mol. The van der Waals surface area contributed by atoms with Crippen molar-refractivity contribution < 1.29 is 4.79 Å². The molecule has 0 fully saturated rings.